The molecule has 0 atom stereocenters. The van der Waals surface area contributed by atoms with E-state index in [0.717, 1.165) is 38.5 Å². The molecule has 2 aliphatic rings. The highest BCUT2D eigenvalue weighted by atomic mass is 16.4. The Morgan fingerprint density at radius 2 is 0.606 bits per heavy atom. The predicted molar refractivity (Wildman–Crippen MR) is 277 cm³/mol. The normalized spacial score (nSPS) is 18.5. The molecule has 2 rings (SSSR count). The quantitative estimate of drug-likeness (QED) is 0.0600. The summed E-state index contributed by atoms with van der Waals surface area (Å²) in [5.74, 6) is -2.88. The fourth-order valence-corrected chi connectivity index (χ4v) is 13.5. The molecule has 0 spiro atoms. The van der Waals surface area contributed by atoms with E-state index in [1.807, 2.05) is 65.2 Å². The molecule has 2 heterocycles. The van der Waals surface area contributed by atoms with E-state index in [1.54, 1.807) is 0 Å². The van der Waals surface area contributed by atoms with Gasteiger partial charge in [-0.2, -0.15) is 0 Å². The second kappa shape index (κ2) is 30.5. The van der Waals surface area contributed by atoms with E-state index in [1.165, 1.54) is 154 Å². The maximum Gasteiger partial charge on any atom is 0.310 e. The molecule has 0 unspecified atom stereocenters. The van der Waals surface area contributed by atoms with Gasteiger partial charge in [-0.1, -0.05) is 194 Å². The van der Waals surface area contributed by atoms with Gasteiger partial charge in [-0.25, -0.2) is 0 Å². The van der Waals surface area contributed by atoms with Crippen LogP contribution in [0.1, 0.15) is 307 Å². The maximum absolute atomic E-state index is 14.1. The van der Waals surface area contributed by atoms with Gasteiger partial charge in [0.05, 0.1) is 11.8 Å². The zero-order valence-corrected chi connectivity index (χ0v) is 45.2. The number of hydrogen-bond donors (Lipinski definition) is 2. The first kappa shape index (κ1) is 60.0. The van der Waals surface area contributed by atoms with Crippen molar-refractivity contribution in [2.45, 2.75) is 329 Å². The Balaban J connectivity index is 1.96. The van der Waals surface area contributed by atoms with E-state index in [0.29, 0.717) is 38.5 Å². The van der Waals surface area contributed by atoms with Crippen LogP contribution in [0.5, 0.6) is 0 Å². The van der Waals surface area contributed by atoms with E-state index in [4.69, 9.17) is 0 Å². The van der Waals surface area contributed by atoms with E-state index in [2.05, 4.69) is 13.8 Å². The molecule has 0 aromatic rings. The summed E-state index contributed by atoms with van der Waals surface area (Å²) in [4.78, 5) is 59.0. The van der Waals surface area contributed by atoms with Gasteiger partial charge in [-0.3, -0.25) is 19.2 Å². The van der Waals surface area contributed by atoms with Crippen molar-refractivity contribution in [1.82, 2.24) is 9.80 Å². The van der Waals surface area contributed by atoms with Gasteiger partial charge in [0, 0.05) is 35.0 Å². The van der Waals surface area contributed by atoms with Gasteiger partial charge in [-0.15, -0.1) is 0 Å². The first-order chi connectivity index (χ1) is 31.2. The van der Waals surface area contributed by atoms with Gasteiger partial charge in [0.2, 0.25) is 11.8 Å². The number of hydrogen-bond acceptors (Lipinski definition) is 4. The molecule has 0 saturated carbocycles. The third-order valence-corrected chi connectivity index (χ3v) is 16.2. The van der Waals surface area contributed by atoms with Gasteiger partial charge in [-0.05, 0) is 106 Å². The third kappa shape index (κ3) is 20.1. The Hall–Kier alpha value is -2.12. The summed E-state index contributed by atoms with van der Waals surface area (Å²) < 4.78 is 0. The van der Waals surface area contributed by atoms with Gasteiger partial charge < -0.3 is 20.0 Å². The van der Waals surface area contributed by atoms with Crippen molar-refractivity contribution in [2.24, 2.45) is 17.3 Å². The van der Waals surface area contributed by atoms with Crippen LogP contribution in [0.15, 0.2) is 0 Å². The van der Waals surface area contributed by atoms with Crippen molar-refractivity contribution in [1.29, 1.82) is 0 Å². The molecule has 0 aromatic carbocycles. The van der Waals surface area contributed by atoms with Crippen LogP contribution in [0.4, 0.5) is 0 Å². The lowest BCUT2D eigenvalue weighted by atomic mass is 9.52. The van der Waals surface area contributed by atoms with Gasteiger partial charge in [0.1, 0.15) is 0 Å². The number of aliphatic carboxylic acids is 2. The van der Waals surface area contributed by atoms with Crippen LogP contribution in [-0.4, -0.2) is 65.9 Å². The SMILES string of the molecule is CCCCCCCCCCCCCCCCCC(=O)N1C(C)(C)CC(C(CC(=O)O)(C(=O)O)C2CC(C)(C)N(C(=O)CCCCCCCCCCCCCCCCC)C(C)(C)C2)CC1(C)C. The molecule has 8 heteroatoms. The molecule has 386 valence electrons. The number of carboxylic acid groups (broad SMARTS) is 2. The van der Waals surface area contributed by atoms with Crippen LogP contribution >= 0.6 is 0 Å². The molecule has 66 heavy (non-hydrogen) atoms. The fourth-order valence-electron chi connectivity index (χ4n) is 13.5. The number of rotatable bonds is 37. The number of nitrogens with zero attached hydrogens (tertiary/aromatic N) is 2. The highest BCUT2D eigenvalue weighted by Crippen LogP contribution is 2.58. The summed E-state index contributed by atoms with van der Waals surface area (Å²) >= 11 is 0. The highest BCUT2D eigenvalue weighted by Gasteiger charge is 2.63. The summed E-state index contributed by atoms with van der Waals surface area (Å²) in [6, 6.07) is 0. The third-order valence-electron chi connectivity index (χ3n) is 16.2. The molecular weight excluding hydrogens is 821 g/mol. The van der Waals surface area contributed by atoms with E-state index >= 15 is 0 Å². The molecule has 2 aliphatic heterocycles. The van der Waals surface area contributed by atoms with Crippen LogP contribution in [0.3, 0.4) is 0 Å². The van der Waals surface area contributed by atoms with Gasteiger partial charge in [0.25, 0.3) is 0 Å². The van der Waals surface area contributed by atoms with E-state index in [-0.39, 0.29) is 11.8 Å². The minimum Gasteiger partial charge on any atom is -0.481 e. The first-order valence-electron chi connectivity index (χ1n) is 28.3. The van der Waals surface area contributed by atoms with Gasteiger partial charge >= 0.3 is 11.9 Å². The number of unbranched alkanes of at least 4 members (excludes halogenated alkanes) is 28. The molecule has 2 amide bonds. The number of carbonyl (C=O) groups excluding carboxylic acids is 2. The lowest BCUT2D eigenvalue weighted by Crippen LogP contribution is -2.68. The fraction of sp³-hybridized carbons (Fsp3) is 0.931. The Labute approximate surface area is 407 Å². The maximum atomic E-state index is 14.1. The minimum absolute atomic E-state index is 0.112. The zero-order chi connectivity index (χ0) is 49.3. The van der Waals surface area contributed by atoms with Gasteiger partial charge in [0.15, 0.2) is 0 Å². The summed E-state index contributed by atoms with van der Waals surface area (Å²) in [5, 5.41) is 21.9. The Morgan fingerprint density at radius 1 is 0.394 bits per heavy atom. The molecule has 0 aromatic heterocycles. The lowest BCUT2D eigenvalue weighted by Gasteiger charge is -2.62. The monoisotopic (exact) mass is 929 g/mol. The van der Waals surface area contributed by atoms with Crippen molar-refractivity contribution < 1.29 is 29.4 Å². The van der Waals surface area contributed by atoms with Crippen LogP contribution < -0.4 is 0 Å². The Morgan fingerprint density at radius 3 is 0.803 bits per heavy atom. The Kier molecular flexibility index (Phi) is 27.7. The van der Waals surface area contributed by atoms with Crippen LogP contribution in [-0.2, 0) is 19.2 Å². The van der Waals surface area contributed by atoms with Crippen molar-refractivity contribution >= 4 is 23.8 Å². The summed E-state index contributed by atoms with van der Waals surface area (Å²) in [7, 11) is 0. The minimum atomic E-state index is -1.55. The van der Waals surface area contributed by atoms with Crippen LogP contribution in [0.25, 0.3) is 0 Å². The largest absolute Gasteiger partial charge is 0.481 e. The number of piperidine rings is 2. The number of carboxylic acids is 2. The smallest absolute Gasteiger partial charge is 0.310 e. The average molecular weight is 930 g/mol. The van der Waals surface area contributed by atoms with Crippen LogP contribution in [0.2, 0.25) is 0 Å². The van der Waals surface area contributed by atoms with Crippen molar-refractivity contribution in [3.05, 3.63) is 0 Å². The van der Waals surface area contributed by atoms with E-state index < -0.39 is 57.8 Å². The molecule has 0 bridgehead atoms. The molecular formula is C58H108N2O6. The summed E-state index contributed by atoms with van der Waals surface area (Å²) in [6.07, 6.45) is 40.3. The second-order valence-corrected chi connectivity index (χ2v) is 24.2. The standard InChI is InChI=1S/C58H108N2O6/c1-11-13-15-17-19-21-23-25-27-29-31-33-35-37-39-41-50(61)59-54(3,4)43-48(44-55(59,5)6)58(53(65)66,47-52(63)64)49-45-56(7,8)60(57(9,10)46-49)51(62)42-40-38-36-34-32-30-28-26-24-22-20-18-16-14-12-2/h48-49H,11-47H2,1-10H3,(H,63,64)(H,65,66). The Bertz CT molecular complexity index is 1260. The molecule has 2 saturated heterocycles. The second-order valence-electron chi connectivity index (χ2n) is 24.2. The van der Waals surface area contributed by atoms with Crippen molar-refractivity contribution in [3.63, 3.8) is 0 Å². The number of amides is 2. The lowest BCUT2D eigenvalue weighted by molar-refractivity contribution is -0.187. The predicted octanol–water partition coefficient (Wildman–Crippen LogP) is 16.6. The molecule has 8 nitrogen and oxygen atoms in total. The molecule has 0 radical (unpaired) electrons. The number of carbonyl (C=O) groups is 4. The average Bonchev–Trinajstić information content (AvgIpc) is 3.20. The summed E-state index contributed by atoms with van der Waals surface area (Å²) in [6.45, 7) is 20.9. The molecule has 0 aliphatic carbocycles. The zero-order valence-electron chi connectivity index (χ0n) is 45.2. The first-order valence-corrected chi connectivity index (χ1v) is 28.3. The summed E-state index contributed by atoms with van der Waals surface area (Å²) in [5.41, 5.74) is -4.19. The number of likely N-dealkylation sites (tertiary alicyclic amines) is 2. The molecule has 2 N–H and O–H groups in total. The molecule has 2 fully saturated rings. The van der Waals surface area contributed by atoms with Crippen molar-refractivity contribution in [3.8, 4) is 0 Å². The van der Waals surface area contributed by atoms with E-state index in [9.17, 15) is 29.4 Å². The van der Waals surface area contributed by atoms with Crippen molar-refractivity contribution in [2.75, 3.05) is 0 Å². The topological polar surface area (TPSA) is 115 Å². The van der Waals surface area contributed by atoms with Crippen LogP contribution in [0, 0.1) is 17.3 Å². The highest BCUT2D eigenvalue weighted by molar-refractivity contribution is 5.83.